The first-order valence-electron chi connectivity index (χ1n) is 6.54. The first-order chi connectivity index (χ1) is 9.15. The maximum Gasteiger partial charge on any atom is 0.255 e. The largest absolute Gasteiger partial charge is 0.349 e. The highest BCUT2D eigenvalue weighted by molar-refractivity contribution is 5.96. The summed E-state index contributed by atoms with van der Waals surface area (Å²) in [5.74, 6) is -0.0263. The van der Waals surface area contributed by atoms with Crippen molar-refractivity contribution in [3.63, 3.8) is 0 Å². The fourth-order valence-corrected chi connectivity index (χ4v) is 2.80. The minimum Gasteiger partial charge on any atom is -0.349 e. The molecule has 2 aromatic rings. The van der Waals surface area contributed by atoms with E-state index in [0.29, 0.717) is 5.56 Å². The number of hydrogen-bond acceptors (Lipinski definition) is 2. The Morgan fingerprint density at radius 3 is 2.42 bits per heavy atom. The van der Waals surface area contributed by atoms with Gasteiger partial charge >= 0.3 is 0 Å². The van der Waals surface area contributed by atoms with Crippen LogP contribution < -0.4 is 5.32 Å². The third kappa shape index (κ3) is 2.14. The number of rotatable bonds is 2. The van der Waals surface area contributed by atoms with Crippen LogP contribution >= 0.6 is 0 Å². The van der Waals surface area contributed by atoms with E-state index in [1.165, 1.54) is 11.1 Å². The van der Waals surface area contributed by atoms with Gasteiger partial charge in [-0.15, -0.1) is 0 Å². The molecule has 0 aliphatic heterocycles. The highest BCUT2D eigenvalue weighted by Gasteiger charge is 2.24. The van der Waals surface area contributed by atoms with Gasteiger partial charge in [0.1, 0.15) is 0 Å². The monoisotopic (exact) mass is 255 g/mol. The quantitative estimate of drug-likeness (QED) is 0.861. The Bertz CT molecular complexity index is 586. The number of nitrogens with one attached hydrogen (secondary N) is 2. The van der Waals surface area contributed by atoms with Gasteiger partial charge in [0.05, 0.1) is 11.3 Å². The number of aromatic nitrogens is 2. The van der Waals surface area contributed by atoms with Crippen molar-refractivity contribution in [2.45, 2.75) is 32.7 Å². The molecule has 0 spiro atoms. The molecule has 0 bridgehead atoms. The van der Waals surface area contributed by atoms with Crippen molar-refractivity contribution in [2.75, 3.05) is 0 Å². The van der Waals surface area contributed by atoms with Gasteiger partial charge in [0.25, 0.3) is 5.91 Å². The summed E-state index contributed by atoms with van der Waals surface area (Å²) in [4.78, 5) is 12.3. The van der Waals surface area contributed by atoms with Crippen molar-refractivity contribution in [1.29, 1.82) is 0 Å². The molecular weight excluding hydrogens is 238 g/mol. The van der Waals surface area contributed by atoms with Gasteiger partial charge in [0, 0.05) is 11.7 Å². The average Bonchev–Trinajstić information content (AvgIpc) is 2.92. The molecule has 98 valence electrons. The zero-order valence-electron chi connectivity index (χ0n) is 11.2. The predicted octanol–water partition coefficient (Wildman–Crippen LogP) is 1.92. The Hall–Kier alpha value is -2.10. The van der Waals surface area contributed by atoms with E-state index in [1.807, 2.05) is 26.0 Å². The summed E-state index contributed by atoms with van der Waals surface area (Å²) in [5.41, 5.74) is 4.94. The second-order valence-corrected chi connectivity index (χ2v) is 5.16. The van der Waals surface area contributed by atoms with Gasteiger partial charge in [-0.2, -0.15) is 5.10 Å². The summed E-state index contributed by atoms with van der Waals surface area (Å²) in [6.07, 6.45) is 1.83. The predicted molar refractivity (Wildman–Crippen MR) is 73.2 cm³/mol. The van der Waals surface area contributed by atoms with E-state index in [2.05, 4.69) is 27.6 Å². The number of carbonyl (C=O) groups excluding carboxylic acids is 1. The highest BCUT2D eigenvalue weighted by Crippen LogP contribution is 2.22. The van der Waals surface area contributed by atoms with Gasteiger partial charge in [-0.05, 0) is 37.8 Å². The Kier molecular flexibility index (Phi) is 2.85. The molecule has 0 saturated heterocycles. The number of carbonyl (C=O) groups is 1. The molecule has 0 atom stereocenters. The number of nitrogens with zero attached hydrogens (tertiary/aromatic N) is 1. The lowest BCUT2D eigenvalue weighted by Gasteiger charge is -2.12. The van der Waals surface area contributed by atoms with Crippen LogP contribution in [-0.4, -0.2) is 22.1 Å². The third-order valence-corrected chi connectivity index (χ3v) is 3.74. The molecule has 4 heteroatoms. The lowest BCUT2D eigenvalue weighted by molar-refractivity contribution is 0.0937. The topological polar surface area (TPSA) is 57.8 Å². The van der Waals surface area contributed by atoms with Crippen LogP contribution in [0.3, 0.4) is 0 Å². The fourth-order valence-electron chi connectivity index (χ4n) is 2.80. The van der Waals surface area contributed by atoms with Crippen LogP contribution in [0.2, 0.25) is 0 Å². The molecule has 1 heterocycles. The molecule has 19 heavy (non-hydrogen) atoms. The zero-order valence-corrected chi connectivity index (χ0v) is 11.2. The summed E-state index contributed by atoms with van der Waals surface area (Å²) in [5, 5.41) is 10.0. The van der Waals surface area contributed by atoms with E-state index < -0.39 is 0 Å². The van der Waals surface area contributed by atoms with Gasteiger partial charge in [-0.25, -0.2) is 0 Å². The van der Waals surface area contributed by atoms with Crippen molar-refractivity contribution in [3.8, 4) is 0 Å². The number of fused-ring (bicyclic) bond motifs is 1. The van der Waals surface area contributed by atoms with Crippen LogP contribution in [-0.2, 0) is 12.8 Å². The van der Waals surface area contributed by atoms with E-state index >= 15 is 0 Å². The molecule has 0 unspecified atom stereocenters. The molecule has 1 amide bonds. The molecule has 0 saturated carbocycles. The van der Waals surface area contributed by atoms with Gasteiger partial charge < -0.3 is 5.32 Å². The molecule has 2 N–H and O–H groups in total. The van der Waals surface area contributed by atoms with Crippen molar-refractivity contribution in [3.05, 3.63) is 52.3 Å². The molecule has 1 aromatic heterocycles. The summed E-state index contributed by atoms with van der Waals surface area (Å²) in [7, 11) is 0. The molecule has 4 nitrogen and oxygen atoms in total. The summed E-state index contributed by atoms with van der Waals surface area (Å²) in [6.45, 7) is 3.72. The standard InChI is InChI=1S/C15H17N3O/c1-9-14(10(2)18-17-9)15(19)16-13-7-11-5-3-4-6-12(11)8-13/h3-6,13H,7-8H2,1-2H3,(H,16,19)(H,17,18). The Morgan fingerprint density at radius 1 is 1.26 bits per heavy atom. The molecule has 0 radical (unpaired) electrons. The SMILES string of the molecule is Cc1n[nH]c(C)c1C(=O)NC1Cc2ccccc2C1. The Balaban J connectivity index is 1.73. The third-order valence-electron chi connectivity index (χ3n) is 3.74. The fraction of sp³-hybridized carbons (Fsp3) is 0.333. The highest BCUT2D eigenvalue weighted by atomic mass is 16.1. The van der Waals surface area contributed by atoms with Crippen molar-refractivity contribution in [1.82, 2.24) is 15.5 Å². The lowest BCUT2D eigenvalue weighted by atomic mass is 10.1. The number of benzene rings is 1. The van der Waals surface area contributed by atoms with Crippen LogP contribution in [0, 0.1) is 13.8 Å². The number of aryl methyl sites for hydroxylation is 2. The lowest BCUT2D eigenvalue weighted by Crippen LogP contribution is -2.35. The maximum atomic E-state index is 12.3. The molecule has 3 rings (SSSR count). The number of hydrogen-bond donors (Lipinski definition) is 2. The van der Waals surface area contributed by atoms with Gasteiger partial charge in [0.15, 0.2) is 0 Å². The second-order valence-electron chi connectivity index (χ2n) is 5.16. The first-order valence-corrected chi connectivity index (χ1v) is 6.54. The molecular formula is C15H17N3O. The number of H-pyrrole nitrogens is 1. The van der Waals surface area contributed by atoms with Crippen LogP contribution in [0.4, 0.5) is 0 Å². The number of aromatic amines is 1. The van der Waals surface area contributed by atoms with Crippen molar-refractivity contribution >= 4 is 5.91 Å². The smallest absolute Gasteiger partial charge is 0.255 e. The van der Waals surface area contributed by atoms with Gasteiger partial charge in [-0.3, -0.25) is 9.89 Å². The second kappa shape index (κ2) is 4.53. The molecule has 1 aliphatic carbocycles. The van der Waals surface area contributed by atoms with Gasteiger partial charge in [-0.1, -0.05) is 24.3 Å². The first kappa shape index (κ1) is 12.0. The summed E-state index contributed by atoms with van der Waals surface area (Å²) >= 11 is 0. The minimum atomic E-state index is -0.0263. The van der Waals surface area contributed by atoms with Crippen LogP contribution in [0.5, 0.6) is 0 Å². The van der Waals surface area contributed by atoms with Crippen LogP contribution in [0.25, 0.3) is 0 Å². The van der Waals surface area contributed by atoms with Crippen molar-refractivity contribution in [2.24, 2.45) is 0 Å². The molecule has 1 aliphatic rings. The Morgan fingerprint density at radius 2 is 1.89 bits per heavy atom. The van der Waals surface area contributed by atoms with E-state index in [1.54, 1.807) is 0 Å². The minimum absolute atomic E-state index is 0.0263. The van der Waals surface area contributed by atoms with E-state index in [9.17, 15) is 4.79 Å². The van der Waals surface area contributed by atoms with E-state index in [-0.39, 0.29) is 11.9 Å². The van der Waals surface area contributed by atoms with Gasteiger partial charge in [0.2, 0.25) is 0 Å². The zero-order chi connectivity index (χ0) is 13.4. The van der Waals surface area contributed by atoms with E-state index in [4.69, 9.17) is 0 Å². The Labute approximate surface area is 112 Å². The molecule has 1 aromatic carbocycles. The van der Waals surface area contributed by atoms with Crippen LogP contribution in [0.15, 0.2) is 24.3 Å². The number of amides is 1. The summed E-state index contributed by atoms with van der Waals surface area (Å²) < 4.78 is 0. The maximum absolute atomic E-state index is 12.3. The van der Waals surface area contributed by atoms with Crippen LogP contribution in [0.1, 0.15) is 32.9 Å². The summed E-state index contributed by atoms with van der Waals surface area (Å²) in [6, 6.07) is 8.56. The van der Waals surface area contributed by atoms with Crippen molar-refractivity contribution < 1.29 is 4.79 Å². The normalized spacial score (nSPS) is 14.4. The average molecular weight is 255 g/mol. The van der Waals surface area contributed by atoms with E-state index in [0.717, 1.165) is 24.2 Å². The molecule has 0 fully saturated rings.